The molecule has 5 heteroatoms. The molecular weight excluding hydrogens is 426 g/mol. The molecule has 0 heterocycles. The Morgan fingerprint density at radius 3 is 1.74 bits per heavy atom. The second-order valence-corrected chi connectivity index (χ2v) is 7.72. The minimum absolute atomic E-state index is 0.133. The monoisotopic (exact) mass is 453 g/mol. The Morgan fingerprint density at radius 2 is 1.24 bits per heavy atom. The third-order valence-electron chi connectivity index (χ3n) is 5.46. The van der Waals surface area contributed by atoms with Crippen LogP contribution >= 0.6 is 0 Å². The van der Waals surface area contributed by atoms with Gasteiger partial charge in [0.05, 0.1) is 14.2 Å². The van der Waals surface area contributed by atoms with Crippen molar-refractivity contribution < 1.29 is 19.0 Å². The molecule has 5 nitrogen and oxygen atoms in total. The molecule has 34 heavy (non-hydrogen) atoms. The van der Waals surface area contributed by atoms with E-state index in [0.717, 1.165) is 22.6 Å². The summed E-state index contributed by atoms with van der Waals surface area (Å²) in [4.78, 5) is 14.4. The predicted octanol–water partition coefficient (Wildman–Crippen LogP) is 6.96. The molecule has 4 rings (SSSR count). The molecule has 0 radical (unpaired) electrons. The number of ketones is 1. The first kappa shape index (κ1) is 22.9. The minimum atomic E-state index is -0.133. The Balaban J connectivity index is 1.59. The number of carbonyl (C=O) groups excluding carboxylic acids is 1. The quantitative estimate of drug-likeness (QED) is 0.257. The van der Waals surface area contributed by atoms with Crippen LogP contribution in [0, 0.1) is 0 Å². The summed E-state index contributed by atoms with van der Waals surface area (Å²) in [6.07, 6.45) is 0. The Morgan fingerprint density at radius 1 is 0.706 bits per heavy atom. The molecule has 0 aliphatic carbocycles. The molecule has 0 N–H and O–H groups in total. The normalized spacial score (nSPS) is 10.4. The molecule has 0 amide bonds. The summed E-state index contributed by atoms with van der Waals surface area (Å²) in [7, 11) is 3.09. The lowest BCUT2D eigenvalue weighted by Gasteiger charge is -2.25. The van der Waals surface area contributed by atoms with E-state index in [1.165, 1.54) is 14.0 Å². The average Bonchev–Trinajstić information content (AvgIpc) is 2.89. The number of hydrogen-bond acceptors (Lipinski definition) is 5. The molecule has 4 aromatic carbocycles. The lowest BCUT2D eigenvalue weighted by molar-refractivity contribution is 0.101. The van der Waals surface area contributed by atoms with Crippen LogP contribution in [0.3, 0.4) is 0 Å². The SMILES string of the molecule is COc1cc(OC)c(C(C)=O)c(OCc2ccc(N(c3ccccc3)c3ccccc3)cc2)c1. The number of ether oxygens (including phenoxy) is 3. The number of anilines is 3. The van der Waals surface area contributed by atoms with Gasteiger partial charge in [0.15, 0.2) is 5.78 Å². The van der Waals surface area contributed by atoms with Crippen molar-refractivity contribution in [2.45, 2.75) is 13.5 Å². The zero-order chi connectivity index (χ0) is 23.9. The van der Waals surface area contributed by atoms with Gasteiger partial charge in [-0.3, -0.25) is 4.79 Å². The van der Waals surface area contributed by atoms with Gasteiger partial charge >= 0.3 is 0 Å². The second-order valence-electron chi connectivity index (χ2n) is 7.72. The summed E-state index contributed by atoms with van der Waals surface area (Å²) in [5.74, 6) is 1.29. The van der Waals surface area contributed by atoms with Gasteiger partial charge in [0.2, 0.25) is 0 Å². The number of benzene rings is 4. The fourth-order valence-electron chi connectivity index (χ4n) is 3.81. The van der Waals surface area contributed by atoms with Crippen molar-refractivity contribution >= 4 is 22.8 Å². The lowest BCUT2D eigenvalue weighted by Crippen LogP contribution is -2.10. The van der Waals surface area contributed by atoms with E-state index < -0.39 is 0 Å². The summed E-state index contributed by atoms with van der Waals surface area (Å²) in [5.41, 5.74) is 4.56. The van der Waals surface area contributed by atoms with Gasteiger partial charge in [-0.05, 0) is 48.9 Å². The molecule has 0 saturated carbocycles. The fourth-order valence-corrected chi connectivity index (χ4v) is 3.81. The van der Waals surface area contributed by atoms with Gasteiger partial charge in [0, 0.05) is 29.2 Å². The second kappa shape index (κ2) is 10.6. The highest BCUT2D eigenvalue weighted by Crippen LogP contribution is 2.36. The molecule has 0 atom stereocenters. The number of hydrogen-bond donors (Lipinski definition) is 0. The van der Waals surface area contributed by atoms with Crippen molar-refractivity contribution in [1.82, 2.24) is 0 Å². The zero-order valence-electron chi connectivity index (χ0n) is 19.5. The topological polar surface area (TPSA) is 48.0 Å². The van der Waals surface area contributed by atoms with Crippen LogP contribution in [0.4, 0.5) is 17.1 Å². The predicted molar refractivity (Wildman–Crippen MR) is 135 cm³/mol. The van der Waals surface area contributed by atoms with E-state index >= 15 is 0 Å². The van der Waals surface area contributed by atoms with Crippen LogP contribution < -0.4 is 19.1 Å². The van der Waals surface area contributed by atoms with Crippen molar-refractivity contribution in [3.63, 3.8) is 0 Å². The van der Waals surface area contributed by atoms with E-state index in [-0.39, 0.29) is 5.78 Å². The van der Waals surface area contributed by atoms with E-state index in [1.54, 1.807) is 19.2 Å². The van der Waals surface area contributed by atoms with Crippen LogP contribution in [0.1, 0.15) is 22.8 Å². The largest absolute Gasteiger partial charge is 0.496 e. The molecule has 0 fully saturated rings. The zero-order valence-corrected chi connectivity index (χ0v) is 19.5. The van der Waals surface area contributed by atoms with Crippen molar-refractivity contribution in [1.29, 1.82) is 0 Å². The molecule has 0 aromatic heterocycles. The maximum Gasteiger partial charge on any atom is 0.167 e. The van der Waals surface area contributed by atoms with Crippen LogP contribution in [-0.4, -0.2) is 20.0 Å². The van der Waals surface area contributed by atoms with Crippen molar-refractivity contribution in [2.75, 3.05) is 19.1 Å². The Labute approximate surface area is 200 Å². The van der Waals surface area contributed by atoms with Crippen LogP contribution in [0.15, 0.2) is 97.1 Å². The first-order valence-corrected chi connectivity index (χ1v) is 11.0. The first-order valence-electron chi connectivity index (χ1n) is 11.0. The van der Waals surface area contributed by atoms with Crippen molar-refractivity contribution in [2.24, 2.45) is 0 Å². The lowest BCUT2D eigenvalue weighted by atomic mass is 10.1. The van der Waals surface area contributed by atoms with Gasteiger partial charge in [-0.25, -0.2) is 0 Å². The summed E-state index contributed by atoms with van der Waals surface area (Å²) in [5, 5.41) is 0. The highest BCUT2D eigenvalue weighted by atomic mass is 16.5. The number of methoxy groups -OCH3 is 2. The molecule has 0 bridgehead atoms. The fraction of sp³-hybridized carbons (Fsp3) is 0.138. The van der Waals surface area contributed by atoms with Crippen molar-refractivity contribution in [3.05, 3.63) is 108 Å². The smallest absolute Gasteiger partial charge is 0.167 e. The third-order valence-corrected chi connectivity index (χ3v) is 5.46. The number of rotatable bonds is 9. The van der Waals surface area contributed by atoms with Crippen LogP contribution in [0.5, 0.6) is 17.2 Å². The van der Waals surface area contributed by atoms with Gasteiger partial charge in [-0.1, -0.05) is 48.5 Å². The third kappa shape index (κ3) is 5.04. The van der Waals surface area contributed by atoms with Gasteiger partial charge < -0.3 is 19.1 Å². The molecule has 0 unspecified atom stereocenters. The van der Waals surface area contributed by atoms with Crippen LogP contribution in [0.25, 0.3) is 0 Å². The maximum atomic E-state index is 12.2. The first-order chi connectivity index (χ1) is 16.6. The van der Waals surface area contributed by atoms with Crippen LogP contribution in [-0.2, 0) is 6.61 Å². The number of Topliss-reactive ketones (excluding diaryl/α,β-unsaturated/α-hetero) is 1. The number of nitrogens with zero attached hydrogens (tertiary/aromatic N) is 1. The highest BCUT2D eigenvalue weighted by Gasteiger charge is 2.18. The molecule has 0 spiro atoms. The maximum absolute atomic E-state index is 12.2. The van der Waals surface area contributed by atoms with E-state index in [2.05, 4.69) is 41.3 Å². The number of carbonyl (C=O) groups is 1. The van der Waals surface area contributed by atoms with E-state index in [1.807, 2.05) is 48.5 Å². The molecule has 0 aliphatic rings. The number of para-hydroxylation sites is 2. The Hall–Kier alpha value is -4.25. The molecule has 0 saturated heterocycles. The van der Waals surface area contributed by atoms with E-state index in [0.29, 0.717) is 29.4 Å². The summed E-state index contributed by atoms with van der Waals surface area (Å²) >= 11 is 0. The Kier molecular flexibility index (Phi) is 7.13. The van der Waals surface area contributed by atoms with E-state index in [9.17, 15) is 4.79 Å². The van der Waals surface area contributed by atoms with Gasteiger partial charge in [0.25, 0.3) is 0 Å². The summed E-state index contributed by atoms with van der Waals surface area (Å²) in [6.45, 7) is 1.79. The molecule has 4 aromatic rings. The van der Waals surface area contributed by atoms with Gasteiger partial charge in [-0.15, -0.1) is 0 Å². The molecular formula is C29H27NO4. The summed E-state index contributed by atoms with van der Waals surface area (Å²) < 4.78 is 16.8. The summed E-state index contributed by atoms with van der Waals surface area (Å²) in [6, 6.07) is 32.1. The minimum Gasteiger partial charge on any atom is -0.496 e. The van der Waals surface area contributed by atoms with Gasteiger partial charge in [-0.2, -0.15) is 0 Å². The molecule has 172 valence electrons. The standard InChI is InChI=1S/C29H27NO4/c1-21(31)29-27(33-3)18-26(32-2)19-28(29)34-20-22-14-16-25(17-15-22)30(23-10-6-4-7-11-23)24-12-8-5-9-13-24/h4-19H,20H2,1-3H3. The van der Waals surface area contributed by atoms with Gasteiger partial charge in [0.1, 0.15) is 29.4 Å². The molecule has 0 aliphatic heterocycles. The highest BCUT2D eigenvalue weighted by molar-refractivity contribution is 6.00. The average molecular weight is 454 g/mol. The van der Waals surface area contributed by atoms with E-state index in [4.69, 9.17) is 14.2 Å². The van der Waals surface area contributed by atoms with Crippen LogP contribution in [0.2, 0.25) is 0 Å². The van der Waals surface area contributed by atoms with Crippen molar-refractivity contribution in [3.8, 4) is 17.2 Å². The Bertz CT molecular complexity index is 1200.